The normalized spacial score (nSPS) is 33.4. The van der Waals surface area contributed by atoms with Crippen molar-refractivity contribution in [2.24, 2.45) is 22.7 Å². The van der Waals surface area contributed by atoms with E-state index in [1.807, 2.05) is 6.07 Å². The lowest BCUT2D eigenvalue weighted by atomic mass is 9.44. The minimum absolute atomic E-state index is 0.00718. The Balaban J connectivity index is 1.44. The zero-order chi connectivity index (χ0) is 44.1. The lowest BCUT2D eigenvalue weighted by molar-refractivity contribution is -0.351. The molecule has 6 rings (SSSR count). The van der Waals surface area contributed by atoms with Gasteiger partial charge in [0.2, 0.25) is 0 Å². The number of aliphatic hydroxyl groups excluding tert-OH is 3. The van der Waals surface area contributed by atoms with E-state index in [-0.39, 0.29) is 36.3 Å². The molecule has 3 fully saturated rings. The number of carboxylic acids is 1. The van der Waals surface area contributed by atoms with Gasteiger partial charge in [0, 0.05) is 31.1 Å². The van der Waals surface area contributed by atoms with Crippen LogP contribution in [0.5, 0.6) is 0 Å². The Morgan fingerprint density at radius 2 is 1.58 bits per heavy atom. The Kier molecular flexibility index (Phi) is 12.4. The zero-order valence-corrected chi connectivity index (χ0v) is 34.8. The van der Waals surface area contributed by atoms with E-state index in [0.29, 0.717) is 5.56 Å². The molecule has 4 aliphatic rings. The number of hydrogen-bond acceptors (Lipinski definition) is 13. The van der Waals surface area contributed by atoms with Gasteiger partial charge in [-0.2, -0.15) is 0 Å². The lowest BCUT2D eigenvalue weighted by Gasteiger charge is -2.67. The highest BCUT2D eigenvalue weighted by Crippen LogP contribution is 2.64. The molecule has 0 radical (unpaired) electrons. The van der Waals surface area contributed by atoms with E-state index in [0.717, 1.165) is 0 Å². The number of carbonyl (C=O) groups is 5. The van der Waals surface area contributed by atoms with Crippen LogP contribution in [0.1, 0.15) is 78.5 Å². The fourth-order valence-corrected chi connectivity index (χ4v) is 10.0. The number of nitrogens with one attached hydrogen (secondary N) is 2. The van der Waals surface area contributed by atoms with Gasteiger partial charge < -0.3 is 55.1 Å². The van der Waals surface area contributed by atoms with Crippen LogP contribution in [0, 0.1) is 22.7 Å². The van der Waals surface area contributed by atoms with Gasteiger partial charge in [-0.05, 0) is 42.0 Å². The van der Waals surface area contributed by atoms with Crippen LogP contribution >= 0.6 is 0 Å². The summed E-state index contributed by atoms with van der Waals surface area (Å²) in [5, 5.41) is 63.7. The molecule has 3 aliphatic carbocycles. The van der Waals surface area contributed by atoms with Crippen LogP contribution in [0.4, 0.5) is 4.79 Å². The van der Waals surface area contributed by atoms with Crippen LogP contribution in [0.15, 0.2) is 71.8 Å². The fourth-order valence-electron chi connectivity index (χ4n) is 10.0. The van der Waals surface area contributed by atoms with Crippen molar-refractivity contribution in [2.45, 2.75) is 128 Å². The summed E-state index contributed by atoms with van der Waals surface area (Å²) in [6, 6.07) is 13.2. The van der Waals surface area contributed by atoms with E-state index < -0.39 is 119 Å². The number of aliphatic carboxylic acids is 1. The van der Waals surface area contributed by atoms with E-state index in [9.17, 15) is 49.5 Å². The first-order chi connectivity index (χ1) is 28.1. The van der Waals surface area contributed by atoms with Crippen molar-refractivity contribution >= 4 is 29.7 Å². The average Bonchev–Trinajstić information content (AvgIpc) is 3.19. The number of ketones is 1. The molecule has 1 aliphatic heterocycles. The quantitative estimate of drug-likeness (QED) is 0.120. The van der Waals surface area contributed by atoms with Crippen LogP contribution in [-0.4, -0.2) is 116 Å². The highest BCUT2D eigenvalue weighted by molar-refractivity contribution is 5.93. The van der Waals surface area contributed by atoms with Gasteiger partial charge in [0.25, 0.3) is 0 Å². The fraction of sp³-hybridized carbons (Fsp3) is 0.568. The number of carboxylic acid groups (broad SMARTS) is 1. The third-order valence-electron chi connectivity index (χ3n) is 13.4. The van der Waals surface area contributed by atoms with Crippen molar-refractivity contribution in [2.75, 3.05) is 6.61 Å². The molecule has 2 bridgehead atoms. The third kappa shape index (κ3) is 7.51. The number of amides is 2. The van der Waals surface area contributed by atoms with E-state index in [2.05, 4.69) is 10.6 Å². The number of urea groups is 1. The highest BCUT2D eigenvalue weighted by Gasteiger charge is 2.77. The third-order valence-corrected chi connectivity index (χ3v) is 13.4. The van der Waals surface area contributed by atoms with Crippen molar-refractivity contribution in [1.29, 1.82) is 0 Å². The summed E-state index contributed by atoms with van der Waals surface area (Å²) >= 11 is 0. The second kappa shape index (κ2) is 16.6. The van der Waals surface area contributed by atoms with Crippen LogP contribution < -0.4 is 10.6 Å². The van der Waals surface area contributed by atoms with Crippen LogP contribution in [0.2, 0.25) is 0 Å². The van der Waals surface area contributed by atoms with E-state index in [1.165, 1.54) is 20.8 Å². The largest absolute Gasteiger partial charge is 0.480 e. The molecule has 12 atom stereocenters. The number of aliphatic hydroxyl groups is 4. The molecule has 7 N–H and O–H groups in total. The molecule has 1 heterocycles. The predicted molar refractivity (Wildman–Crippen MR) is 212 cm³/mol. The molecule has 2 aromatic carbocycles. The lowest BCUT2D eigenvalue weighted by Crippen LogP contribution is -2.81. The minimum atomic E-state index is -2.16. The summed E-state index contributed by atoms with van der Waals surface area (Å²) in [6.07, 6.45) is -9.82. The maximum Gasteiger partial charge on any atom is 0.338 e. The molecule has 60 heavy (non-hydrogen) atoms. The Morgan fingerprint density at radius 1 is 0.967 bits per heavy atom. The minimum Gasteiger partial charge on any atom is -0.480 e. The van der Waals surface area contributed by atoms with Crippen molar-refractivity contribution in [3.05, 3.63) is 82.9 Å². The monoisotopic (exact) mass is 836 g/mol. The second-order valence-electron chi connectivity index (χ2n) is 17.6. The number of rotatable bonds is 12. The van der Waals surface area contributed by atoms with Crippen LogP contribution in [0.25, 0.3) is 0 Å². The molecule has 0 spiro atoms. The van der Waals surface area contributed by atoms with Crippen molar-refractivity contribution in [3.63, 3.8) is 0 Å². The first-order valence-corrected chi connectivity index (χ1v) is 20.2. The van der Waals surface area contributed by atoms with Gasteiger partial charge >= 0.3 is 23.9 Å². The van der Waals surface area contributed by atoms with Crippen molar-refractivity contribution < 1.29 is 68.5 Å². The standard InChI is InChI=1S/C44H56N2O14/c1-22(2)31(38(52)53)45-40(55)46-32(26-16-12-9-13-17-26)34(50)39(54)59-27-19-44(56)37(57-20-25-14-10-8-11-15-25)35-42(7,36(51)33(49)30(23(27)3)41(44,5)6)28(48)18-29-43(35,21-58-29)60-24(4)47/h8-17,22,27-29,31-35,37,48-50,56H,18-21H2,1-7H3,(H,52,53)(H2,45,46,55)/t27-,28-,29?,31-,32-,33+,34+,35?,37-,42+,43-,44+/m0/s1. The van der Waals surface area contributed by atoms with Gasteiger partial charge in [0.15, 0.2) is 17.5 Å². The number of esters is 2. The van der Waals surface area contributed by atoms with Crippen molar-refractivity contribution in [3.8, 4) is 0 Å². The van der Waals surface area contributed by atoms with Crippen molar-refractivity contribution in [1.82, 2.24) is 10.6 Å². The second-order valence-corrected chi connectivity index (χ2v) is 17.6. The Labute approximate surface area is 348 Å². The van der Waals surface area contributed by atoms with Gasteiger partial charge in [-0.3, -0.25) is 9.59 Å². The number of fused-ring (bicyclic) bond motifs is 5. The molecule has 0 aromatic heterocycles. The van der Waals surface area contributed by atoms with Crippen LogP contribution in [0.3, 0.4) is 0 Å². The van der Waals surface area contributed by atoms with Gasteiger partial charge in [0.1, 0.15) is 30.0 Å². The number of ether oxygens (including phenoxy) is 4. The summed E-state index contributed by atoms with van der Waals surface area (Å²) in [4.78, 5) is 67.0. The smallest absolute Gasteiger partial charge is 0.338 e. The molecule has 16 heteroatoms. The van der Waals surface area contributed by atoms with Gasteiger partial charge in [0.05, 0.1) is 36.9 Å². The van der Waals surface area contributed by atoms with Gasteiger partial charge in [-0.25, -0.2) is 14.4 Å². The molecule has 2 amide bonds. The molecule has 326 valence electrons. The number of hydrogen-bond donors (Lipinski definition) is 7. The Morgan fingerprint density at radius 3 is 2.13 bits per heavy atom. The zero-order valence-electron chi connectivity index (χ0n) is 34.8. The molecule has 1 saturated heterocycles. The topological polar surface area (TPSA) is 247 Å². The Bertz CT molecular complexity index is 2010. The van der Waals surface area contributed by atoms with E-state index in [4.69, 9.17) is 18.9 Å². The van der Waals surface area contributed by atoms with E-state index >= 15 is 0 Å². The summed E-state index contributed by atoms with van der Waals surface area (Å²) in [5.41, 5.74) is -5.98. The first kappa shape index (κ1) is 44.8. The maximum atomic E-state index is 15.0. The van der Waals surface area contributed by atoms with Crippen LogP contribution in [-0.2, 0) is 44.7 Å². The molecule has 16 nitrogen and oxygen atoms in total. The number of Topliss-reactive ketones (excluding diaryl/α,β-unsaturated/α-hetero) is 1. The first-order valence-electron chi connectivity index (χ1n) is 20.2. The summed E-state index contributed by atoms with van der Waals surface area (Å²) in [7, 11) is 0. The molecule has 2 unspecified atom stereocenters. The maximum absolute atomic E-state index is 15.0. The Hall–Kier alpha value is -4.71. The molecular formula is C44H56N2O14. The molecule has 2 aromatic rings. The SMILES string of the molecule is CC(=O)O[C@@]12COC1C[C@H](O)[C@@]1(C)C(=O)[C@H](O)C3=C(C)[C@@H](OC(=O)[C@H](O)[C@@H](NC(=O)N[C@H](C(=O)O)C(C)C)c4ccccc4)C[C@@](O)([C@@H](OCc4ccccc4)C21)C3(C)C. The average molecular weight is 837 g/mol. The van der Waals surface area contributed by atoms with Gasteiger partial charge in [-0.1, -0.05) is 88.4 Å². The number of benzene rings is 2. The number of carbonyl (C=O) groups excluding carboxylic acids is 4. The molecule has 2 saturated carbocycles. The molecular weight excluding hydrogens is 780 g/mol. The van der Waals surface area contributed by atoms with E-state index in [1.54, 1.807) is 82.3 Å². The predicted octanol–water partition coefficient (Wildman–Crippen LogP) is 2.50. The highest BCUT2D eigenvalue weighted by atomic mass is 16.6. The summed E-state index contributed by atoms with van der Waals surface area (Å²) in [6.45, 7) is 10.3. The summed E-state index contributed by atoms with van der Waals surface area (Å²) < 4.78 is 24.7. The summed E-state index contributed by atoms with van der Waals surface area (Å²) in [5.74, 6) is -5.91. The van der Waals surface area contributed by atoms with Gasteiger partial charge in [-0.15, -0.1) is 0 Å².